The molecule has 0 aliphatic carbocycles. The Kier molecular flexibility index (Phi) is 5.30. The van der Waals surface area contributed by atoms with Crippen molar-refractivity contribution < 1.29 is 4.74 Å². The first-order valence-electron chi connectivity index (χ1n) is 7.75. The standard InChI is InChI=1S/C17H28N2O/c1-13(2)19-10-5-6-15(9-11-19)18-17-8-7-16(20-4)12-14(17)3/h7-8,12-13,15,18H,5-6,9-11H2,1-4H3. The number of nitrogens with one attached hydrogen (secondary N) is 1. The predicted octanol–water partition coefficient (Wildman–Crippen LogP) is 3.68. The normalized spacial score (nSPS) is 20.8. The van der Waals surface area contributed by atoms with Crippen LogP contribution in [0.4, 0.5) is 5.69 Å². The molecule has 112 valence electrons. The monoisotopic (exact) mass is 276 g/mol. The molecule has 1 unspecified atom stereocenters. The van der Waals surface area contributed by atoms with Crippen molar-refractivity contribution in [2.45, 2.75) is 52.1 Å². The molecule has 1 aromatic rings. The number of rotatable bonds is 4. The Bertz CT molecular complexity index is 431. The van der Waals surface area contributed by atoms with E-state index in [1.165, 1.54) is 43.6 Å². The molecular formula is C17H28N2O. The number of ether oxygens (including phenoxy) is 1. The second kappa shape index (κ2) is 6.98. The van der Waals surface area contributed by atoms with E-state index in [-0.39, 0.29) is 0 Å². The van der Waals surface area contributed by atoms with Crippen molar-refractivity contribution in [2.75, 3.05) is 25.5 Å². The number of aryl methyl sites for hydroxylation is 1. The molecule has 1 N–H and O–H groups in total. The van der Waals surface area contributed by atoms with E-state index in [1.54, 1.807) is 7.11 Å². The van der Waals surface area contributed by atoms with Crippen LogP contribution in [0.25, 0.3) is 0 Å². The largest absolute Gasteiger partial charge is 0.497 e. The Labute approximate surface area is 123 Å². The van der Waals surface area contributed by atoms with Crippen molar-refractivity contribution in [3.63, 3.8) is 0 Å². The van der Waals surface area contributed by atoms with Gasteiger partial charge in [0.15, 0.2) is 0 Å². The van der Waals surface area contributed by atoms with E-state index < -0.39 is 0 Å². The predicted molar refractivity (Wildman–Crippen MR) is 85.7 cm³/mol. The minimum absolute atomic E-state index is 0.589. The summed E-state index contributed by atoms with van der Waals surface area (Å²) in [5.41, 5.74) is 2.50. The van der Waals surface area contributed by atoms with Gasteiger partial charge in [0, 0.05) is 24.3 Å². The summed E-state index contributed by atoms with van der Waals surface area (Å²) in [4.78, 5) is 2.59. The van der Waals surface area contributed by atoms with Crippen LogP contribution in [0.2, 0.25) is 0 Å². The quantitative estimate of drug-likeness (QED) is 0.908. The zero-order valence-corrected chi connectivity index (χ0v) is 13.3. The van der Waals surface area contributed by atoms with E-state index in [0.717, 1.165) is 5.75 Å². The molecule has 3 nitrogen and oxygen atoms in total. The molecule has 0 aromatic heterocycles. The van der Waals surface area contributed by atoms with Crippen molar-refractivity contribution in [1.82, 2.24) is 4.90 Å². The van der Waals surface area contributed by atoms with E-state index in [4.69, 9.17) is 4.74 Å². The first-order valence-corrected chi connectivity index (χ1v) is 7.75. The summed E-state index contributed by atoms with van der Waals surface area (Å²) >= 11 is 0. The number of likely N-dealkylation sites (tertiary alicyclic amines) is 1. The Morgan fingerprint density at radius 3 is 2.70 bits per heavy atom. The van der Waals surface area contributed by atoms with Crippen LogP contribution in [-0.4, -0.2) is 37.2 Å². The van der Waals surface area contributed by atoms with Crippen LogP contribution >= 0.6 is 0 Å². The van der Waals surface area contributed by atoms with Crippen LogP contribution in [0.5, 0.6) is 5.75 Å². The van der Waals surface area contributed by atoms with Gasteiger partial charge in [0.1, 0.15) is 5.75 Å². The number of anilines is 1. The summed E-state index contributed by atoms with van der Waals surface area (Å²) in [6.45, 7) is 9.16. The SMILES string of the molecule is COc1ccc(NC2CCCN(C(C)C)CC2)c(C)c1. The van der Waals surface area contributed by atoms with Gasteiger partial charge in [-0.15, -0.1) is 0 Å². The fourth-order valence-electron chi connectivity index (χ4n) is 2.92. The summed E-state index contributed by atoms with van der Waals surface area (Å²) in [5, 5.41) is 3.72. The number of hydrogen-bond acceptors (Lipinski definition) is 3. The molecule has 1 saturated heterocycles. The van der Waals surface area contributed by atoms with Gasteiger partial charge in [-0.05, 0) is 70.3 Å². The molecule has 0 radical (unpaired) electrons. The summed E-state index contributed by atoms with van der Waals surface area (Å²) in [6, 6.07) is 7.52. The summed E-state index contributed by atoms with van der Waals surface area (Å²) in [7, 11) is 1.72. The lowest BCUT2D eigenvalue weighted by molar-refractivity contribution is 0.230. The van der Waals surface area contributed by atoms with Crippen LogP contribution in [0, 0.1) is 6.92 Å². The van der Waals surface area contributed by atoms with Crippen molar-refractivity contribution in [2.24, 2.45) is 0 Å². The lowest BCUT2D eigenvalue weighted by Crippen LogP contribution is -2.32. The summed E-state index contributed by atoms with van der Waals surface area (Å²) in [6.07, 6.45) is 3.77. The smallest absolute Gasteiger partial charge is 0.119 e. The van der Waals surface area contributed by atoms with E-state index in [9.17, 15) is 0 Å². The number of benzene rings is 1. The summed E-state index contributed by atoms with van der Waals surface area (Å²) < 4.78 is 5.27. The van der Waals surface area contributed by atoms with Gasteiger partial charge in [-0.1, -0.05) is 0 Å². The van der Waals surface area contributed by atoms with E-state index in [0.29, 0.717) is 12.1 Å². The minimum atomic E-state index is 0.589. The maximum atomic E-state index is 5.27. The van der Waals surface area contributed by atoms with Gasteiger partial charge in [0.25, 0.3) is 0 Å². The average Bonchev–Trinajstić information content (AvgIpc) is 2.66. The van der Waals surface area contributed by atoms with Crippen LogP contribution in [-0.2, 0) is 0 Å². The average molecular weight is 276 g/mol. The Balaban J connectivity index is 1.96. The highest BCUT2D eigenvalue weighted by molar-refractivity contribution is 5.54. The highest BCUT2D eigenvalue weighted by atomic mass is 16.5. The van der Waals surface area contributed by atoms with Gasteiger partial charge in [0.2, 0.25) is 0 Å². The second-order valence-corrected chi connectivity index (χ2v) is 6.08. The molecule has 1 aliphatic rings. The molecule has 0 amide bonds. The van der Waals surface area contributed by atoms with Crippen LogP contribution in [0.1, 0.15) is 38.7 Å². The van der Waals surface area contributed by atoms with E-state index in [2.05, 4.69) is 43.1 Å². The Hall–Kier alpha value is -1.22. The van der Waals surface area contributed by atoms with Gasteiger partial charge in [-0.25, -0.2) is 0 Å². The van der Waals surface area contributed by atoms with Gasteiger partial charge < -0.3 is 15.0 Å². The van der Waals surface area contributed by atoms with Crippen molar-refractivity contribution >= 4 is 5.69 Å². The highest BCUT2D eigenvalue weighted by Gasteiger charge is 2.18. The molecule has 0 bridgehead atoms. The first kappa shape index (κ1) is 15.2. The third kappa shape index (κ3) is 3.89. The zero-order valence-electron chi connectivity index (χ0n) is 13.3. The molecule has 0 saturated carbocycles. The lowest BCUT2D eigenvalue weighted by Gasteiger charge is -2.24. The molecule has 1 fully saturated rings. The number of methoxy groups -OCH3 is 1. The first-order chi connectivity index (χ1) is 9.60. The fraction of sp³-hybridized carbons (Fsp3) is 0.647. The second-order valence-electron chi connectivity index (χ2n) is 6.08. The number of nitrogens with zero attached hydrogens (tertiary/aromatic N) is 1. The van der Waals surface area contributed by atoms with Gasteiger partial charge in [0.05, 0.1) is 7.11 Å². The minimum Gasteiger partial charge on any atom is -0.497 e. The van der Waals surface area contributed by atoms with Crippen LogP contribution < -0.4 is 10.1 Å². The maximum absolute atomic E-state index is 5.27. The summed E-state index contributed by atoms with van der Waals surface area (Å²) in [5.74, 6) is 0.930. The third-order valence-electron chi connectivity index (χ3n) is 4.29. The molecule has 2 rings (SSSR count). The van der Waals surface area contributed by atoms with Gasteiger partial charge in [-0.3, -0.25) is 0 Å². The molecule has 1 aromatic carbocycles. The van der Waals surface area contributed by atoms with Crippen molar-refractivity contribution in [3.05, 3.63) is 23.8 Å². The molecule has 0 spiro atoms. The fourth-order valence-corrected chi connectivity index (χ4v) is 2.92. The third-order valence-corrected chi connectivity index (χ3v) is 4.29. The van der Waals surface area contributed by atoms with E-state index >= 15 is 0 Å². The zero-order chi connectivity index (χ0) is 14.5. The molecule has 1 heterocycles. The topological polar surface area (TPSA) is 24.5 Å². The molecule has 3 heteroatoms. The van der Waals surface area contributed by atoms with Crippen molar-refractivity contribution in [1.29, 1.82) is 0 Å². The Morgan fingerprint density at radius 1 is 1.25 bits per heavy atom. The van der Waals surface area contributed by atoms with Crippen LogP contribution in [0.15, 0.2) is 18.2 Å². The molecule has 20 heavy (non-hydrogen) atoms. The lowest BCUT2D eigenvalue weighted by atomic mass is 10.1. The molecule has 1 aliphatic heterocycles. The maximum Gasteiger partial charge on any atom is 0.119 e. The number of hydrogen-bond donors (Lipinski definition) is 1. The van der Waals surface area contributed by atoms with Crippen LogP contribution in [0.3, 0.4) is 0 Å². The molecular weight excluding hydrogens is 248 g/mol. The van der Waals surface area contributed by atoms with Gasteiger partial charge in [-0.2, -0.15) is 0 Å². The van der Waals surface area contributed by atoms with Gasteiger partial charge >= 0.3 is 0 Å². The van der Waals surface area contributed by atoms with E-state index in [1.807, 2.05) is 6.07 Å². The highest BCUT2D eigenvalue weighted by Crippen LogP contribution is 2.24. The Morgan fingerprint density at radius 2 is 2.05 bits per heavy atom. The molecule has 1 atom stereocenters. The van der Waals surface area contributed by atoms with Crippen molar-refractivity contribution in [3.8, 4) is 5.75 Å².